The lowest BCUT2D eigenvalue weighted by atomic mass is 10.2. The van der Waals surface area contributed by atoms with Gasteiger partial charge in [0.05, 0.1) is 6.04 Å². The average Bonchev–Trinajstić information content (AvgIpc) is 3.11. The number of amides is 2. The van der Waals surface area contributed by atoms with Crippen LogP contribution in [0.2, 0.25) is 0 Å². The molecule has 0 radical (unpaired) electrons. The summed E-state index contributed by atoms with van der Waals surface area (Å²) in [4.78, 5) is 15.7. The summed E-state index contributed by atoms with van der Waals surface area (Å²) >= 11 is 1.76. The van der Waals surface area contributed by atoms with E-state index >= 15 is 0 Å². The third-order valence-corrected chi connectivity index (χ3v) is 5.04. The first-order chi connectivity index (χ1) is 8.84. The lowest BCUT2D eigenvalue weighted by Gasteiger charge is -2.26. The number of urea groups is 1. The minimum absolute atomic E-state index is 0.151. The van der Waals surface area contributed by atoms with E-state index in [-0.39, 0.29) is 6.03 Å². The standard InChI is InChI=1S/C14H20N2OS/c17-14(15-11-5-1-2-6-11)16-9-3-7-12(16)13-8-4-10-18-13/h4,8,10-12H,1-3,5-7,9H2,(H,15,17)/t12-/m1/s1. The maximum Gasteiger partial charge on any atom is 0.318 e. The van der Waals surface area contributed by atoms with E-state index in [0.29, 0.717) is 12.1 Å². The number of nitrogens with zero attached hydrogens (tertiary/aromatic N) is 1. The molecule has 1 aromatic rings. The molecule has 1 saturated heterocycles. The Morgan fingerprint density at radius 3 is 2.83 bits per heavy atom. The molecule has 0 spiro atoms. The number of thiophene rings is 1. The van der Waals surface area contributed by atoms with Gasteiger partial charge in [0.1, 0.15) is 0 Å². The van der Waals surface area contributed by atoms with Crippen molar-refractivity contribution in [1.29, 1.82) is 0 Å². The van der Waals surface area contributed by atoms with Crippen molar-refractivity contribution in [3.8, 4) is 0 Å². The van der Waals surface area contributed by atoms with Crippen LogP contribution in [0.5, 0.6) is 0 Å². The van der Waals surface area contributed by atoms with E-state index in [1.165, 1.54) is 17.7 Å². The molecular formula is C14H20N2OS. The molecule has 1 saturated carbocycles. The molecular weight excluding hydrogens is 244 g/mol. The molecule has 98 valence electrons. The Bertz CT molecular complexity index is 398. The summed E-state index contributed by atoms with van der Waals surface area (Å²) in [5.74, 6) is 0. The Morgan fingerprint density at radius 1 is 1.28 bits per heavy atom. The molecule has 2 heterocycles. The molecule has 18 heavy (non-hydrogen) atoms. The molecule has 1 aromatic heterocycles. The van der Waals surface area contributed by atoms with Crippen LogP contribution in [0.15, 0.2) is 17.5 Å². The third kappa shape index (κ3) is 2.39. The van der Waals surface area contributed by atoms with Crippen LogP contribution in [-0.2, 0) is 0 Å². The molecule has 3 nitrogen and oxygen atoms in total. The number of hydrogen-bond donors (Lipinski definition) is 1. The third-order valence-electron chi connectivity index (χ3n) is 4.07. The van der Waals surface area contributed by atoms with Crippen molar-refractivity contribution in [3.05, 3.63) is 22.4 Å². The van der Waals surface area contributed by atoms with Gasteiger partial charge in [-0.05, 0) is 37.1 Å². The highest BCUT2D eigenvalue weighted by atomic mass is 32.1. The van der Waals surface area contributed by atoms with E-state index in [1.807, 2.05) is 4.90 Å². The van der Waals surface area contributed by atoms with Crippen molar-refractivity contribution in [3.63, 3.8) is 0 Å². The van der Waals surface area contributed by atoms with Gasteiger partial charge in [0, 0.05) is 17.5 Å². The molecule has 1 N–H and O–H groups in total. The Hall–Kier alpha value is -1.03. The number of hydrogen-bond acceptors (Lipinski definition) is 2. The van der Waals surface area contributed by atoms with Crippen molar-refractivity contribution in [1.82, 2.24) is 10.2 Å². The highest BCUT2D eigenvalue weighted by Crippen LogP contribution is 2.34. The predicted octanol–water partition coefficient (Wildman–Crippen LogP) is 3.54. The molecule has 3 rings (SSSR count). The number of nitrogens with one attached hydrogen (secondary N) is 1. The summed E-state index contributed by atoms with van der Waals surface area (Å²) in [6.45, 7) is 0.904. The highest BCUT2D eigenvalue weighted by molar-refractivity contribution is 7.10. The maximum atomic E-state index is 12.3. The largest absolute Gasteiger partial charge is 0.335 e. The molecule has 2 amide bonds. The minimum atomic E-state index is 0.151. The second-order valence-corrected chi connectivity index (χ2v) is 6.28. The molecule has 4 heteroatoms. The quantitative estimate of drug-likeness (QED) is 0.870. The molecule has 1 aliphatic carbocycles. The number of carbonyl (C=O) groups excluding carboxylic acids is 1. The van der Waals surface area contributed by atoms with Crippen LogP contribution >= 0.6 is 11.3 Å². The fraction of sp³-hybridized carbons (Fsp3) is 0.643. The molecule has 1 atom stereocenters. The van der Waals surface area contributed by atoms with Crippen molar-refractivity contribution in [2.24, 2.45) is 0 Å². The van der Waals surface area contributed by atoms with Crippen LogP contribution in [0.25, 0.3) is 0 Å². The minimum Gasteiger partial charge on any atom is -0.335 e. The van der Waals surface area contributed by atoms with Crippen LogP contribution in [-0.4, -0.2) is 23.5 Å². The van der Waals surface area contributed by atoms with Crippen molar-refractivity contribution >= 4 is 17.4 Å². The summed E-state index contributed by atoms with van der Waals surface area (Å²) in [7, 11) is 0. The topological polar surface area (TPSA) is 32.3 Å². The van der Waals surface area contributed by atoms with Gasteiger partial charge in [0.25, 0.3) is 0 Å². The normalized spacial score (nSPS) is 24.7. The highest BCUT2D eigenvalue weighted by Gasteiger charge is 2.31. The van der Waals surface area contributed by atoms with Crippen LogP contribution in [0.1, 0.15) is 49.4 Å². The van der Waals surface area contributed by atoms with Crippen molar-refractivity contribution in [2.75, 3.05) is 6.54 Å². The van der Waals surface area contributed by atoms with Gasteiger partial charge in [-0.3, -0.25) is 0 Å². The molecule has 0 bridgehead atoms. The summed E-state index contributed by atoms with van der Waals surface area (Å²) < 4.78 is 0. The zero-order chi connectivity index (χ0) is 12.4. The summed E-state index contributed by atoms with van der Waals surface area (Å²) in [5, 5.41) is 5.30. The van der Waals surface area contributed by atoms with Crippen LogP contribution in [0.4, 0.5) is 4.79 Å². The first-order valence-electron chi connectivity index (χ1n) is 6.95. The Balaban J connectivity index is 1.65. The molecule has 2 aliphatic rings. The maximum absolute atomic E-state index is 12.3. The Kier molecular flexibility index (Phi) is 3.55. The lowest BCUT2D eigenvalue weighted by molar-refractivity contribution is 0.189. The zero-order valence-corrected chi connectivity index (χ0v) is 11.4. The van der Waals surface area contributed by atoms with Gasteiger partial charge in [-0.1, -0.05) is 18.9 Å². The summed E-state index contributed by atoms with van der Waals surface area (Å²) in [5.41, 5.74) is 0. The molecule has 0 aromatic carbocycles. The average molecular weight is 264 g/mol. The zero-order valence-electron chi connectivity index (χ0n) is 10.6. The van der Waals surface area contributed by atoms with E-state index in [2.05, 4.69) is 22.8 Å². The SMILES string of the molecule is O=C(NC1CCCC1)N1CCC[C@@H]1c1cccs1. The van der Waals surface area contributed by atoms with Gasteiger partial charge in [-0.15, -0.1) is 11.3 Å². The van der Waals surface area contributed by atoms with Gasteiger partial charge in [0.2, 0.25) is 0 Å². The second-order valence-electron chi connectivity index (χ2n) is 5.30. The van der Waals surface area contributed by atoms with Gasteiger partial charge in [-0.2, -0.15) is 0 Å². The molecule has 1 aliphatic heterocycles. The number of rotatable bonds is 2. The Labute approximate surface area is 112 Å². The van der Waals surface area contributed by atoms with Gasteiger partial charge >= 0.3 is 6.03 Å². The van der Waals surface area contributed by atoms with Gasteiger partial charge in [-0.25, -0.2) is 4.79 Å². The van der Waals surface area contributed by atoms with Gasteiger partial charge in [0.15, 0.2) is 0 Å². The fourth-order valence-electron chi connectivity index (χ4n) is 3.11. The van der Waals surface area contributed by atoms with E-state index in [0.717, 1.165) is 32.2 Å². The van der Waals surface area contributed by atoms with Crippen LogP contribution in [0, 0.1) is 0 Å². The van der Waals surface area contributed by atoms with E-state index in [1.54, 1.807) is 11.3 Å². The van der Waals surface area contributed by atoms with E-state index < -0.39 is 0 Å². The second kappa shape index (κ2) is 5.31. The Morgan fingerprint density at radius 2 is 2.11 bits per heavy atom. The summed E-state index contributed by atoms with van der Waals surface area (Å²) in [6.07, 6.45) is 7.07. The molecule has 2 fully saturated rings. The first-order valence-corrected chi connectivity index (χ1v) is 7.83. The van der Waals surface area contributed by atoms with E-state index in [4.69, 9.17) is 0 Å². The molecule has 0 unspecified atom stereocenters. The van der Waals surface area contributed by atoms with Crippen molar-refractivity contribution in [2.45, 2.75) is 50.6 Å². The number of carbonyl (C=O) groups is 1. The smallest absolute Gasteiger partial charge is 0.318 e. The predicted molar refractivity (Wildman–Crippen MR) is 73.8 cm³/mol. The lowest BCUT2D eigenvalue weighted by Crippen LogP contribution is -2.43. The van der Waals surface area contributed by atoms with Crippen LogP contribution < -0.4 is 5.32 Å². The summed E-state index contributed by atoms with van der Waals surface area (Å²) in [6, 6.07) is 5.10. The van der Waals surface area contributed by atoms with E-state index in [9.17, 15) is 4.79 Å². The fourth-order valence-corrected chi connectivity index (χ4v) is 3.99. The van der Waals surface area contributed by atoms with Crippen molar-refractivity contribution < 1.29 is 4.79 Å². The van der Waals surface area contributed by atoms with Crippen LogP contribution in [0.3, 0.4) is 0 Å². The number of likely N-dealkylation sites (tertiary alicyclic amines) is 1. The van der Waals surface area contributed by atoms with Gasteiger partial charge < -0.3 is 10.2 Å². The first kappa shape index (κ1) is 12.0. The monoisotopic (exact) mass is 264 g/mol.